The summed E-state index contributed by atoms with van der Waals surface area (Å²) in [4.78, 5) is 14.4. The Hall–Kier alpha value is -1.42. The molecule has 7 nitrogen and oxygen atoms in total. The highest BCUT2D eigenvalue weighted by atomic mass is 32.3. The summed E-state index contributed by atoms with van der Waals surface area (Å²) in [6.07, 6.45) is 1.24. The second-order valence-electron chi connectivity index (χ2n) is 10.9. The van der Waals surface area contributed by atoms with Gasteiger partial charge in [-0.2, -0.15) is 4.55 Å². The molecule has 178 valence electrons. The van der Waals surface area contributed by atoms with Crippen LogP contribution >= 0.6 is 0 Å². The van der Waals surface area contributed by atoms with Gasteiger partial charge in [0.15, 0.2) is 10.6 Å². The standard InChI is InChI=1S/C23H36BNO6S/c1-21(2,3)29-20(26)25-14-8-9-17(15-25)16-32(27,28)19-12-10-18(11-13-19)24-30-22(4,5)23(6,7)31-24/h10-13,17H,8-9,14-16H2,1-7H3/p+1. The average Bonchev–Trinajstić information content (AvgIpc) is 2.88. The Morgan fingerprint density at radius 1 is 1.19 bits per heavy atom. The van der Waals surface area contributed by atoms with Crippen molar-refractivity contribution in [2.24, 2.45) is 5.92 Å². The fourth-order valence-corrected chi connectivity index (χ4v) is 5.59. The van der Waals surface area contributed by atoms with Crippen LogP contribution in [0, 0.1) is 5.92 Å². The van der Waals surface area contributed by atoms with Gasteiger partial charge in [0.2, 0.25) is 10.2 Å². The van der Waals surface area contributed by atoms with E-state index in [9.17, 15) is 13.6 Å². The number of rotatable bonds is 4. The number of benzene rings is 1. The SMILES string of the molecule is CC(C)(C)OC(=O)N1CCCC(C[S+](=O)(O)c2ccc(B3OC(C)(C)C(C)(C)O3)cc2)C1. The smallest absolute Gasteiger partial charge is 0.444 e. The first-order valence-electron chi connectivity index (χ1n) is 11.3. The van der Waals surface area contributed by atoms with Gasteiger partial charge in [0.05, 0.1) is 11.2 Å². The zero-order chi connectivity index (χ0) is 23.9. The molecular formula is C23H37BNO6S+. The summed E-state index contributed by atoms with van der Waals surface area (Å²) in [5.74, 6) is 0.0545. The fraction of sp³-hybridized carbons (Fsp3) is 0.696. The molecule has 2 heterocycles. The van der Waals surface area contributed by atoms with Crippen LogP contribution < -0.4 is 5.46 Å². The van der Waals surface area contributed by atoms with E-state index in [0.29, 0.717) is 18.0 Å². The van der Waals surface area contributed by atoms with E-state index in [4.69, 9.17) is 14.0 Å². The van der Waals surface area contributed by atoms with Crippen molar-refractivity contribution in [1.82, 2.24) is 4.90 Å². The van der Waals surface area contributed by atoms with Gasteiger partial charge in [-0.15, -0.1) is 0 Å². The van der Waals surface area contributed by atoms with Gasteiger partial charge in [0.25, 0.3) is 0 Å². The molecule has 1 aromatic rings. The van der Waals surface area contributed by atoms with Gasteiger partial charge in [-0.3, -0.25) is 0 Å². The number of ether oxygens (including phenoxy) is 1. The number of amides is 1. The highest BCUT2D eigenvalue weighted by molar-refractivity contribution is 7.97. The van der Waals surface area contributed by atoms with Crippen molar-refractivity contribution in [2.45, 2.75) is 83.0 Å². The number of nitrogens with zero attached hydrogens (tertiary/aromatic N) is 1. The van der Waals surface area contributed by atoms with E-state index in [2.05, 4.69) is 0 Å². The van der Waals surface area contributed by atoms with E-state index < -0.39 is 34.1 Å². The van der Waals surface area contributed by atoms with E-state index in [-0.39, 0.29) is 17.8 Å². The Morgan fingerprint density at radius 3 is 2.28 bits per heavy atom. The normalized spacial score (nSPS) is 24.8. The minimum absolute atomic E-state index is 0.0588. The maximum Gasteiger partial charge on any atom is 0.494 e. The Balaban J connectivity index is 1.64. The summed E-state index contributed by atoms with van der Waals surface area (Å²) in [6, 6.07) is 6.94. The molecule has 2 unspecified atom stereocenters. The molecule has 2 aliphatic heterocycles. The van der Waals surface area contributed by atoms with Crippen LogP contribution in [0.4, 0.5) is 4.79 Å². The lowest BCUT2D eigenvalue weighted by Gasteiger charge is -2.33. The van der Waals surface area contributed by atoms with E-state index in [1.165, 1.54) is 0 Å². The minimum Gasteiger partial charge on any atom is -0.444 e. The van der Waals surface area contributed by atoms with Crippen LogP contribution in [0.1, 0.15) is 61.3 Å². The van der Waals surface area contributed by atoms with Crippen molar-refractivity contribution >= 4 is 28.9 Å². The molecule has 2 fully saturated rings. The molecule has 0 bridgehead atoms. The Labute approximate surface area is 193 Å². The van der Waals surface area contributed by atoms with Crippen LogP contribution in [0.5, 0.6) is 0 Å². The van der Waals surface area contributed by atoms with Gasteiger partial charge in [-0.05, 0) is 78.9 Å². The molecule has 0 aliphatic carbocycles. The number of carbonyl (C=O) groups excluding carboxylic acids is 1. The van der Waals surface area contributed by atoms with Crippen LogP contribution in [-0.2, 0) is 28.5 Å². The highest BCUT2D eigenvalue weighted by Gasteiger charge is 2.51. The summed E-state index contributed by atoms with van der Waals surface area (Å²) < 4.78 is 41.5. The predicted molar refractivity (Wildman–Crippen MR) is 127 cm³/mol. The van der Waals surface area contributed by atoms with Crippen LogP contribution in [0.25, 0.3) is 0 Å². The monoisotopic (exact) mass is 466 g/mol. The predicted octanol–water partition coefficient (Wildman–Crippen LogP) is 3.96. The van der Waals surface area contributed by atoms with E-state index in [0.717, 1.165) is 18.3 Å². The van der Waals surface area contributed by atoms with Gasteiger partial charge in [-0.1, -0.05) is 16.3 Å². The number of likely N-dealkylation sites (tertiary alicyclic amines) is 1. The van der Waals surface area contributed by atoms with Crippen molar-refractivity contribution in [3.8, 4) is 0 Å². The van der Waals surface area contributed by atoms with Crippen molar-refractivity contribution in [2.75, 3.05) is 18.8 Å². The largest absolute Gasteiger partial charge is 0.494 e. The van der Waals surface area contributed by atoms with Crippen LogP contribution in [0.3, 0.4) is 0 Å². The van der Waals surface area contributed by atoms with Crippen molar-refractivity contribution < 1.29 is 27.6 Å². The molecule has 1 amide bonds. The van der Waals surface area contributed by atoms with Gasteiger partial charge >= 0.3 is 13.2 Å². The molecule has 0 radical (unpaired) electrons. The molecule has 2 aliphatic rings. The topological polar surface area (TPSA) is 85.3 Å². The third-order valence-electron chi connectivity index (χ3n) is 6.41. The van der Waals surface area contributed by atoms with E-state index >= 15 is 0 Å². The molecule has 9 heteroatoms. The summed E-state index contributed by atoms with van der Waals surface area (Å²) in [5, 5.41) is 0. The molecule has 1 aromatic carbocycles. The third-order valence-corrected chi connectivity index (χ3v) is 8.34. The van der Waals surface area contributed by atoms with Crippen LogP contribution in [-0.4, -0.2) is 58.3 Å². The third kappa shape index (κ3) is 5.73. The lowest BCUT2D eigenvalue weighted by atomic mass is 9.79. The molecule has 0 spiro atoms. The van der Waals surface area contributed by atoms with Crippen molar-refractivity contribution in [1.29, 1.82) is 0 Å². The van der Waals surface area contributed by atoms with Crippen LogP contribution in [0.15, 0.2) is 29.2 Å². The maximum atomic E-state index is 13.2. The van der Waals surface area contributed by atoms with Gasteiger partial charge in [-0.25, -0.2) is 4.79 Å². The van der Waals surface area contributed by atoms with E-state index in [1.54, 1.807) is 29.2 Å². The zero-order valence-electron chi connectivity index (χ0n) is 20.3. The molecule has 32 heavy (non-hydrogen) atoms. The maximum absolute atomic E-state index is 13.2. The molecule has 2 saturated heterocycles. The second-order valence-corrected chi connectivity index (χ2v) is 13.0. The molecule has 2 atom stereocenters. The van der Waals surface area contributed by atoms with Crippen LogP contribution in [0.2, 0.25) is 0 Å². The lowest BCUT2D eigenvalue weighted by molar-refractivity contribution is 0.00578. The lowest BCUT2D eigenvalue weighted by Crippen LogP contribution is -2.44. The van der Waals surface area contributed by atoms with Gasteiger partial charge < -0.3 is 18.9 Å². The number of hydrogen-bond acceptors (Lipinski definition) is 5. The molecule has 0 aromatic heterocycles. The van der Waals surface area contributed by atoms with Crippen molar-refractivity contribution in [3.05, 3.63) is 24.3 Å². The molecular weight excluding hydrogens is 429 g/mol. The summed E-state index contributed by atoms with van der Waals surface area (Å²) in [5.41, 5.74) is -0.631. The second kappa shape index (κ2) is 8.74. The quantitative estimate of drug-likeness (QED) is 0.534. The number of piperidine rings is 1. The highest BCUT2D eigenvalue weighted by Crippen LogP contribution is 2.36. The summed E-state index contributed by atoms with van der Waals surface area (Å²) >= 11 is 0. The number of carbonyl (C=O) groups is 1. The Kier molecular flexibility index (Phi) is 6.89. The minimum atomic E-state index is -3.24. The zero-order valence-corrected chi connectivity index (χ0v) is 21.2. The molecule has 3 rings (SSSR count). The molecule has 0 saturated carbocycles. The first-order chi connectivity index (χ1) is 14.6. The molecule has 1 N–H and O–H groups in total. The van der Waals surface area contributed by atoms with Gasteiger partial charge in [0, 0.05) is 19.0 Å². The van der Waals surface area contributed by atoms with Gasteiger partial charge in [0.1, 0.15) is 5.60 Å². The summed E-state index contributed by atoms with van der Waals surface area (Å²) in [7, 11) is -3.75. The Morgan fingerprint density at radius 2 is 1.75 bits per heavy atom. The Bertz CT molecular complexity index is 863. The first-order valence-corrected chi connectivity index (χ1v) is 13.0. The van der Waals surface area contributed by atoms with Crippen molar-refractivity contribution in [3.63, 3.8) is 0 Å². The average molecular weight is 466 g/mol. The first kappa shape index (κ1) is 25.2. The summed E-state index contributed by atoms with van der Waals surface area (Å²) in [6.45, 7) is 14.5. The fourth-order valence-electron chi connectivity index (χ4n) is 3.93. The van der Waals surface area contributed by atoms with E-state index in [1.807, 2.05) is 48.5 Å². The number of hydrogen-bond donors (Lipinski definition) is 1.